The molecule has 0 radical (unpaired) electrons. The van der Waals surface area contributed by atoms with Gasteiger partial charge < -0.3 is 20.4 Å². The lowest BCUT2D eigenvalue weighted by Crippen LogP contribution is -2.64. The molecule has 1 aliphatic rings. The Bertz CT molecular complexity index is 557. The minimum absolute atomic E-state index is 0.623. The lowest BCUT2D eigenvalue weighted by atomic mass is 9.91. The Kier molecular flexibility index (Phi) is 5.62. The Morgan fingerprint density at radius 3 is 2.04 bits per heavy atom. The molecule has 0 aromatic carbocycles. The first kappa shape index (κ1) is 21.0. The number of carboxylic acids is 1. The Labute approximate surface area is 136 Å². The van der Waals surface area contributed by atoms with E-state index in [1.54, 1.807) is 0 Å². The smallest absolute Gasteiger partial charge is 0.430 e. The summed E-state index contributed by atoms with van der Waals surface area (Å²) in [7, 11) is 0. The van der Waals surface area contributed by atoms with Gasteiger partial charge in [-0.15, -0.1) is 0 Å². The van der Waals surface area contributed by atoms with E-state index >= 15 is 0 Å². The van der Waals surface area contributed by atoms with E-state index in [1.807, 2.05) is 5.32 Å². The van der Waals surface area contributed by atoms with Crippen molar-refractivity contribution in [2.24, 2.45) is 11.1 Å². The van der Waals surface area contributed by atoms with Crippen molar-refractivity contribution in [1.82, 2.24) is 5.32 Å². The first-order chi connectivity index (χ1) is 11.1. The van der Waals surface area contributed by atoms with Gasteiger partial charge in [-0.3, -0.25) is 4.79 Å². The van der Waals surface area contributed by atoms with Crippen molar-refractivity contribution >= 4 is 17.6 Å². The summed E-state index contributed by atoms with van der Waals surface area (Å²) in [4.78, 5) is 26.8. The van der Waals surface area contributed by atoms with Crippen molar-refractivity contribution < 1.29 is 51.0 Å². The third-order valence-electron chi connectivity index (χ3n) is 3.48. The van der Waals surface area contributed by atoms with Crippen LogP contribution in [0.1, 0.15) is 20.3 Å². The van der Waals surface area contributed by atoms with Crippen LogP contribution in [0.15, 0.2) is 5.16 Å². The van der Waals surface area contributed by atoms with Crippen LogP contribution in [0.3, 0.4) is 0 Å². The third-order valence-corrected chi connectivity index (χ3v) is 3.48. The monoisotopic (exact) mass is 380 g/mol. The van der Waals surface area contributed by atoms with Crippen LogP contribution >= 0.6 is 0 Å². The summed E-state index contributed by atoms with van der Waals surface area (Å²) in [5.41, 5.74) is -6.14. The fourth-order valence-corrected chi connectivity index (χ4v) is 2.00. The fraction of sp³-hybridized carbons (Fsp3) is 0.750. The first-order valence-electron chi connectivity index (χ1n) is 6.75. The molecule has 13 heteroatoms. The number of carbonyl (C=O) groups is 2. The van der Waals surface area contributed by atoms with Gasteiger partial charge in [-0.2, -0.15) is 26.3 Å². The minimum Gasteiger partial charge on any atom is -0.480 e. The number of aliphatic carboxylic acids is 1. The Hall–Kier alpha value is -2.05. The average molecular weight is 380 g/mol. The summed E-state index contributed by atoms with van der Waals surface area (Å²) >= 11 is 0. The van der Waals surface area contributed by atoms with Gasteiger partial charge in [-0.1, -0.05) is 19.0 Å². The van der Waals surface area contributed by atoms with Crippen molar-refractivity contribution in [2.75, 3.05) is 0 Å². The molecule has 0 saturated heterocycles. The molecule has 0 fully saturated rings. The van der Waals surface area contributed by atoms with Gasteiger partial charge in [0.05, 0.1) is 0 Å². The number of amides is 1. The summed E-state index contributed by atoms with van der Waals surface area (Å²) in [6.07, 6.45) is -16.5. The molecular weight excluding hydrogens is 366 g/mol. The normalized spacial score (nSPS) is 20.1. The highest BCUT2D eigenvalue weighted by Gasteiger charge is 2.76. The van der Waals surface area contributed by atoms with E-state index in [0.29, 0.717) is 0 Å². The van der Waals surface area contributed by atoms with Crippen LogP contribution in [0.5, 0.6) is 0 Å². The van der Waals surface area contributed by atoms with Gasteiger partial charge in [0.15, 0.2) is 6.10 Å². The summed E-state index contributed by atoms with van der Waals surface area (Å²) in [5.74, 6) is -3.39. The average Bonchev–Trinajstić information content (AvgIpc) is 2.90. The molecule has 0 aliphatic carbocycles. The van der Waals surface area contributed by atoms with Gasteiger partial charge in [-0.05, 0) is 5.92 Å². The molecule has 1 heterocycles. The second-order valence-corrected chi connectivity index (χ2v) is 5.63. The van der Waals surface area contributed by atoms with Crippen LogP contribution in [-0.2, 0) is 14.4 Å². The van der Waals surface area contributed by atoms with Gasteiger partial charge in [0.1, 0.15) is 11.8 Å². The fourth-order valence-electron chi connectivity index (χ4n) is 2.00. The zero-order valence-corrected chi connectivity index (χ0v) is 12.8. The topological polar surface area (TPSA) is 108 Å². The maximum absolute atomic E-state index is 12.7. The maximum Gasteiger partial charge on any atom is 0.430 e. The van der Waals surface area contributed by atoms with E-state index in [1.165, 1.54) is 13.8 Å². The molecule has 0 bridgehead atoms. The van der Waals surface area contributed by atoms with Crippen LogP contribution in [0.2, 0.25) is 0 Å². The summed E-state index contributed by atoms with van der Waals surface area (Å²) in [6.45, 7) is 2.84. The molecule has 0 saturated carbocycles. The van der Waals surface area contributed by atoms with Crippen molar-refractivity contribution in [1.29, 1.82) is 0 Å². The number of oxime groups is 1. The highest BCUT2D eigenvalue weighted by Crippen LogP contribution is 2.48. The number of nitrogens with one attached hydrogen (secondary N) is 1. The highest BCUT2D eigenvalue weighted by atomic mass is 19.4. The van der Waals surface area contributed by atoms with Crippen molar-refractivity contribution in [2.45, 2.75) is 50.4 Å². The van der Waals surface area contributed by atoms with Gasteiger partial charge in [-0.25, -0.2) is 4.79 Å². The SMILES string of the molecule is CC(C)C(NC(=O)C1=NOC(C(O)(C(F)(F)F)C(F)(F)F)C1)C(=O)O. The molecule has 1 amide bonds. The molecule has 7 nitrogen and oxygen atoms in total. The summed E-state index contributed by atoms with van der Waals surface area (Å²) in [5, 5.41) is 22.8. The van der Waals surface area contributed by atoms with E-state index in [0.717, 1.165) is 0 Å². The lowest BCUT2D eigenvalue weighted by molar-refractivity contribution is -0.392. The molecule has 3 N–H and O–H groups in total. The molecule has 25 heavy (non-hydrogen) atoms. The van der Waals surface area contributed by atoms with Crippen LogP contribution in [0.4, 0.5) is 26.3 Å². The van der Waals surface area contributed by atoms with Crippen molar-refractivity contribution in [3.8, 4) is 0 Å². The second-order valence-electron chi connectivity index (χ2n) is 5.63. The van der Waals surface area contributed by atoms with Gasteiger partial charge in [0.25, 0.3) is 11.5 Å². The number of rotatable bonds is 5. The Balaban J connectivity index is 2.96. The number of halogens is 6. The van der Waals surface area contributed by atoms with Crippen molar-refractivity contribution in [3.05, 3.63) is 0 Å². The van der Waals surface area contributed by atoms with Crippen molar-refractivity contribution in [3.63, 3.8) is 0 Å². The number of alkyl halides is 6. The molecule has 2 atom stereocenters. The molecule has 1 aliphatic heterocycles. The summed E-state index contributed by atoms with van der Waals surface area (Å²) < 4.78 is 76.3. The zero-order chi connectivity index (χ0) is 19.8. The molecule has 1 rings (SSSR count). The number of carbonyl (C=O) groups excluding carboxylic acids is 1. The zero-order valence-electron chi connectivity index (χ0n) is 12.8. The van der Waals surface area contributed by atoms with E-state index in [-0.39, 0.29) is 0 Å². The number of aliphatic hydroxyl groups is 1. The van der Waals surface area contributed by atoms with Crippen LogP contribution in [-0.4, -0.2) is 57.9 Å². The number of hydrogen-bond donors (Lipinski definition) is 3. The van der Waals surface area contributed by atoms with Gasteiger partial charge in [0, 0.05) is 6.42 Å². The number of hydrogen-bond acceptors (Lipinski definition) is 5. The highest BCUT2D eigenvalue weighted by molar-refractivity contribution is 6.39. The Morgan fingerprint density at radius 2 is 1.68 bits per heavy atom. The van der Waals surface area contributed by atoms with E-state index < -0.39 is 60.0 Å². The number of nitrogens with zero attached hydrogens (tertiary/aromatic N) is 1. The predicted octanol–water partition coefficient (Wildman–Crippen LogP) is 1.21. The minimum atomic E-state index is -6.14. The molecule has 2 unspecified atom stereocenters. The van der Waals surface area contributed by atoms with E-state index in [9.17, 15) is 35.9 Å². The van der Waals surface area contributed by atoms with E-state index in [4.69, 9.17) is 10.2 Å². The van der Waals surface area contributed by atoms with Gasteiger partial charge >= 0.3 is 18.3 Å². The molecule has 0 aromatic heterocycles. The first-order valence-corrected chi connectivity index (χ1v) is 6.75. The second kappa shape index (κ2) is 6.69. The van der Waals surface area contributed by atoms with Crippen LogP contribution in [0, 0.1) is 5.92 Å². The standard InChI is InChI=1S/C12H14F6N2O5/c1-4(2)7(9(22)23)19-8(21)5-3-6(25-20-5)10(24,11(13,14)15)12(16,17)18/h4,6-7,24H,3H2,1-2H3,(H,19,21)(H,22,23). The Morgan fingerprint density at radius 1 is 1.20 bits per heavy atom. The predicted molar refractivity (Wildman–Crippen MR) is 68.4 cm³/mol. The lowest BCUT2D eigenvalue weighted by Gasteiger charge is -2.35. The maximum atomic E-state index is 12.7. The molecule has 0 spiro atoms. The van der Waals surface area contributed by atoms with Crippen LogP contribution < -0.4 is 5.32 Å². The molecule has 144 valence electrons. The largest absolute Gasteiger partial charge is 0.480 e. The number of carboxylic acid groups (broad SMARTS) is 1. The quantitative estimate of drug-likeness (QED) is 0.622. The van der Waals surface area contributed by atoms with Gasteiger partial charge in [0.2, 0.25) is 0 Å². The third kappa shape index (κ3) is 3.96. The van der Waals surface area contributed by atoms with Crippen LogP contribution in [0.25, 0.3) is 0 Å². The molecular formula is C12H14F6N2O5. The summed E-state index contributed by atoms with van der Waals surface area (Å²) in [6, 6.07) is -1.45. The molecule has 0 aromatic rings. The van der Waals surface area contributed by atoms with E-state index in [2.05, 4.69) is 9.99 Å².